The Hall–Kier alpha value is -2.01. The molecule has 0 spiro atoms. The molecule has 3 rings (SSSR count). The van der Waals surface area contributed by atoms with Crippen LogP contribution in [0.3, 0.4) is 0 Å². The average molecular weight is 243 g/mol. The van der Waals surface area contributed by atoms with E-state index in [0.717, 1.165) is 15.6 Å². The maximum absolute atomic E-state index is 9.20. The molecule has 0 bridgehead atoms. The Labute approximate surface area is 102 Å². The third kappa shape index (κ3) is 2.09. The first-order valence-corrected chi connectivity index (χ1v) is 5.90. The van der Waals surface area contributed by atoms with Crippen LogP contribution >= 0.6 is 11.8 Å². The van der Waals surface area contributed by atoms with Gasteiger partial charge in [-0.05, 0) is 30.3 Å². The van der Waals surface area contributed by atoms with Gasteiger partial charge in [0.25, 0.3) is 0 Å². The molecule has 0 saturated carbocycles. The molecule has 0 aliphatic rings. The second-order valence-corrected chi connectivity index (χ2v) is 4.59. The van der Waals surface area contributed by atoms with Gasteiger partial charge in [0.15, 0.2) is 5.65 Å². The summed E-state index contributed by atoms with van der Waals surface area (Å²) in [7, 11) is 0. The molecule has 2 heterocycles. The van der Waals surface area contributed by atoms with Crippen LogP contribution in [0.2, 0.25) is 0 Å². The molecular weight excluding hydrogens is 234 g/mol. The molecule has 17 heavy (non-hydrogen) atoms. The van der Waals surface area contributed by atoms with Gasteiger partial charge in [-0.2, -0.15) is 5.10 Å². The van der Waals surface area contributed by atoms with Crippen molar-refractivity contribution in [3.05, 3.63) is 48.8 Å². The molecule has 84 valence electrons. The normalized spacial score (nSPS) is 10.8. The lowest BCUT2D eigenvalue weighted by Gasteiger charge is -2.01. The number of fused-ring (bicyclic) bond motifs is 1. The van der Waals surface area contributed by atoms with Gasteiger partial charge in [0.1, 0.15) is 10.8 Å². The monoisotopic (exact) mass is 243 g/mol. The Morgan fingerprint density at radius 3 is 2.71 bits per heavy atom. The lowest BCUT2D eigenvalue weighted by Crippen LogP contribution is -1.89. The minimum atomic E-state index is 0.272. The first kappa shape index (κ1) is 10.2. The molecule has 0 unspecified atom stereocenters. The van der Waals surface area contributed by atoms with Gasteiger partial charge in [0, 0.05) is 17.2 Å². The standard InChI is InChI=1S/C12H9N3OS/c16-9-1-3-10(4-2-9)17-12-6-8-15-11(14-12)5-7-13-15/h1-8,16H. The number of aromatic nitrogens is 3. The van der Waals surface area contributed by atoms with Crippen LogP contribution in [0.4, 0.5) is 0 Å². The predicted octanol–water partition coefficient (Wildman–Crippen LogP) is 2.59. The Morgan fingerprint density at radius 1 is 1.06 bits per heavy atom. The molecule has 1 N–H and O–H groups in total. The lowest BCUT2D eigenvalue weighted by atomic mass is 10.3. The Bertz CT molecular complexity index is 648. The van der Waals surface area contributed by atoms with Crippen molar-refractivity contribution < 1.29 is 5.11 Å². The highest BCUT2D eigenvalue weighted by Gasteiger charge is 2.01. The summed E-state index contributed by atoms with van der Waals surface area (Å²) < 4.78 is 1.72. The van der Waals surface area contributed by atoms with Crippen LogP contribution in [0, 0.1) is 0 Å². The largest absolute Gasteiger partial charge is 0.508 e. The van der Waals surface area contributed by atoms with Crippen molar-refractivity contribution in [2.45, 2.75) is 9.92 Å². The number of nitrogens with zero attached hydrogens (tertiary/aromatic N) is 3. The number of benzene rings is 1. The van der Waals surface area contributed by atoms with E-state index in [0.29, 0.717) is 0 Å². The summed E-state index contributed by atoms with van der Waals surface area (Å²) in [4.78, 5) is 5.49. The number of hydrogen-bond donors (Lipinski definition) is 1. The van der Waals surface area contributed by atoms with Gasteiger partial charge in [-0.3, -0.25) is 0 Å². The van der Waals surface area contributed by atoms with Gasteiger partial charge in [-0.15, -0.1) is 0 Å². The number of rotatable bonds is 2. The molecule has 2 aromatic heterocycles. The van der Waals surface area contributed by atoms with E-state index in [1.54, 1.807) is 34.6 Å². The molecule has 0 fully saturated rings. The fourth-order valence-corrected chi connectivity index (χ4v) is 2.27. The first-order valence-electron chi connectivity index (χ1n) is 5.08. The van der Waals surface area contributed by atoms with Crippen molar-refractivity contribution in [1.82, 2.24) is 14.6 Å². The first-order chi connectivity index (χ1) is 8.31. The highest BCUT2D eigenvalue weighted by atomic mass is 32.2. The summed E-state index contributed by atoms with van der Waals surface area (Å²) >= 11 is 1.55. The van der Waals surface area contributed by atoms with Crippen molar-refractivity contribution >= 4 is 17.4 Å². The molecule has 0 aliphatic heterocycles. The highest BCUT2D eigenvalue weighted by Crippen LogP contribution is 2.27. The van der Waals surface area contributed by atoms with Gasteiger partial charge >= 0.3 is 0 Å². The number of phenolic OH excluding ortho intramolecular Hbond substituents is 1. The van der Waals surface area contributed by atoms with Crippen molar-refractivity contribution in [2.75, 3.05) is 0 Å². The van der Waals surface area contributed by atoms with Gasteiger partial charge in [0.05, 0.1) is 6.20 Å². The van der Waals surface area contributed by atoms with E-state index in [1.165, 1.54) is 0 Å². The van der Waals surface area contributed by atoms with Crippen molar-refractivity contribution in [2.24, 2.45) is 0 Å². The SMILES string of the molecule is Oc1ccc(Sc2ccn3nccc3n2)cc1. The lowest BCUT2D eigenvalue weighted by molar-refractivity contribution is 0.475. The van der Waals surface area contributed by atoms with E-state index >= 15 is 0 Å². The molecular formula is C12H9N3OS. The van der Waals surface area contributed by atoms with Crippen LogP contribution in [0.1, 0.15) is 0 Å². The minimum Gasteiger partial charge on any atom is -0.508 e. The van der Waals surface area contributed by atoms with E-state index in [9.17, 15) is 5.11 Å². The van der Waals surface area contributed by atoms with Crippen LogP contribution in [0.15, 0.2) is 58.7 Å². The third-order valence-electron chi connectivity index (χ3n) is 2.29. The van der Waals surface area contributed by atoms with E-state index in [-0.39, 0.29) is 5.75 Å². The van der Waals surface area contributed by atoms with E-state index in [4.69, 9.17) is 0 Å². The predicted molar refractivity (Wildman–Crippen MR) is 65.2 cm³/mol. The quantitative estimate of drug-likeness (QED) is 0.703. The van der Waals surface area contributed by atoms with Crippen molar-refractivity contribution in [1.29, 1.82) is 0 Å². The van der Waals surface area contributed by atoms with Gasteiger partial charge in [-0.25, -0.2) is 9.50 Å². The maximum Gasteiger partial charge on any atom is 0.156 e. The van der Waals surface area contributed by atoms with Crippen LogP contribution in [-0.2, 0) is 0 Å². The van der Waals surface area contributed by atoms with E-state index in [1.807, 2.05) is 30.5 Å². The van der Waals surface area contributed by atoms with E-state index in [2.05, 4.69) is 10.1 Å². The molecule has 1 aromatic carbocycles. The molecule has 0 aliphatic carbocycles. The fraction of sp³-hybridized carbons (Fsp3) is 0. The van der Waals surface area contributed by atoms with Gasteiger partial charge < -0.3 is 5.11 Å². The number of aromatic hydroxyl groups is 1. The Balaban J connectivity index is 1.91. The summed E-state index contributed by atoms with van der Waals surface area (Å²) in [6, 6.07) is 10.8. The summed E-state index contributed by atoms with van der Waals surface area (Å²) in [6.45, 7) is 0. The Morgan fingerprint density at radius 2 is 1.88 bits per heavy atom. The molecule has 3 aromatic rings. The Kier molecular flexibility index (Phi) is 2.45. The van der Waals surface area contributed by atoms with Crippen LogP contribution in [0.5, 0.6) is 5.75 Å². The zero-order valence-corrected chi connectivity index (χ0v) is 9.63. The van der Waals surface area contributed by atoms with Crippen LogP contribution in [0.25, 0.3) is 5.65 Å². The summed E-state index contributed by atoms with van der Waals surface area (Å²) in [6.07, 6.45) is 3.60. The molecule has 0 radical (unpaired) electrons. The molecule has 0 atom stereocenters. The molecule has 4 nitrogen and oxygen atoms in total. The molecule has 0 saturated heterocycles. The highest BCUT2D eigenvalue weighted by molar-refractivity contribution is 7.99. The summed E-state index contributed by atoms with van der Waals surface area (Å²) in [5, 5.41) is 14.2. The third-order valence-corrected chi connectivity index (χ3v) is 3.24. The second kappa shape index (κ2) is 4.10. The molecule has 0 amide bonds. The van der Waals surface area contributed by atoms with Gasteiger partial charge in [0.2, 0.25) is 0 Å². The van der Waals surface area contributed by atoms with Gasteiger partial charge in [-0.1, -0.05) is 11.8 Å². The van der Waals surface area contributed by atoms with Crippen molar-refractivity contribution in [3.63, 3.8) is 0 Å². The van der Waals surface area contributed by atoms with E-state index < -0.39 is 0 Å². The van der Waals surface area contributed by atoms with Crippen LogP contribution in [-0.4, -0.2) is 19.7 Å². The number of phenols is 1. The fourth-order valence-electron chi connectivity index (χ4n) is 1.49. The summed E-state index contributed by atoms with van der Waals surface area (Å²) in [5.41, 5.74) is 0.828. The summed E-state index contributed by atoms with van der Waals surface area (Å²) in [5.74, 6) is 0.272. The number of hydrogen-bond acceptors (Lipinski definition) is 4. The average Bonchev–Trinajstić information content (AvgIpc) is 2.79. The maximum atomic E-state index is 9.20. The second-order valence-electron chi connectivity index (χ2n) is 3.50. The zero-order chi connectivity index (χ0) is 11.7. The molecule has 5 heteroatoms. The smallest absolute Gasteiger partial charge is 0.156 e. The topological polar surface area (TPSA) is 50.4 Å². The van der Waals surface area contributed by atoms with Crippen molar-refractivity contribution in [3.8, 4) is 5.75 Å². The van der Waals surface area contributed by atoms with Crippen LogP contribution < -0.4 is 0 Å². The minimum absolute atomic E-state index is 0.272. The zero-order valence-electron chi connectivity index (χ0n) is 8.82.